The van der Waals surface area contributed by atoms with Gasteiger partial charge in [-0.3, -0.25) is 0 Å². The molecular formula is C16H27ClN2+2. The van der Waals surface area contributed by atoms with Crippen molar-refractivity contribution in [1.29, 1.82) is 0 Å². The van der Waals surface area contributed by atoms with Crippen molar-refractivity contribution in [2.75, 3.05) is 19.6 Å². The molecule has 2 atom stereocenters. The molecule has 2 nitrogen and oxygen atoms in total. The van der Waals surface area contributed by atoms with Crippen LogP contribution in [0.2, 0.25) is 5.02 Å². The number of piperidine rings is 1. The molecule has 0 radical (unpaired) electrons. The predicted octanol–water partition coefficient (Wildman–Crippen LogP) is 1.25. The first-order valence-electron chi connectivity index (χ1n) is 7.66. The first-order valence-corrected chi connectivity index (χ1v) is 8.04. The summed E-state index contributed by atoms with van der Waals surface area (Å²) in [5, 5.41) is 3.24. The van der Waals surface area contributed by atoms with Crippen molar-refractivity contribution in [3.63, 3.8) is 0 Å². The third-order valence-electron chi connectivity index (χ3n) is 4.28. The Bertz CT molecular complexity index is 364. The van der Waals surface area contributed by atoms with Gasteiger partial charge in [-0.25, -0.2) is 0 Å². The number of likely N-dealkylation sites (tertiary alicyclic amines) is 1. The molecule has 0 aliphatic carbocycles. The number of nitrogens with one attached hydrogen (secondary N) is 1. The zero-order valence-corrected chi connectivity index (χ0v) is 12.8. The number of hydrogen-bond acceptors (Lipinski definition) is 0. The second kappa shape index (κ2) is 7.88. The summed E-state index contributed by atoms with van der Waals surface area (Å²) >= 11 is 5.88. The summed E-state index contributed by atoms with van der Waals surface area (Å²) in [5.74, 6) is 0. The number of hydrogen-bond donors (Lipinski definition) is 2. The van der Waals surface area contributed by atoms with Crippen LogP contribution < -0.4 is 10.2 Å². The van der Waals surface area contributed by atoms with Gasteiger partial charge in [0.25, 0.3) is 0 Å². The number of benzene rings is 1. The number of quaternary nitrogens is 2. The maximum absolute atomic E-state index is 5.88. The Hall–Kier alpha value is -0.570. The van der Waals surface area contributed by atoms with Crippen molar-refractivity contribution in [1.82, 2.24) is 0 Å². The molecule has 1 fully saturated rings. The predicted molar refractivity (Wildman–Crippen MR) is 80.6 cm³/mol. The smallest absolute Gasteiger partial charge is 0.101 e. The fraction of sp³-hybridized carbons (Fsp3) is 0.625. The highest BCUT2D eigenvalue weighted by Crippen LogP contribution is 2.08. The Morgan fingerprint density at radius 1 is 1.26 bits per heavy atom. The van der Waals surface area contributed by atoms with Gasteiger partial charge in [-0.15, -0.1) is 0 Å². The number of halogens is 1. The normalized spacial score (nSPS) is 23.5. The molecule has 106 valence electrons. The van der Waals surface area contributed by atoms with Crippen LogP contribution in [0, 0.1) is 0 Å². The molecule has 19 heavy (non-hydrogen) atoms. The van der Waals surface area contributed by atoms with Crippen LogP contribution in [0.3, 0.4) is 0 Å². The van der Waals surface area contributed by atoms with E-state index in [0.29, 0.717) is 0 Å². The third kappa shape index (κ3) is 5.13. The summed E-state index contributed by atoms with van der Waals surface area (Å²) in [6.45, 7) is 7.45. The molecule has 0 bridgehead atoms. The summed E-state index contributed by atoms with van der Waals surface area (Å²) in [4.78, 5) is 1.83. The summed E-state index contributed by atoms with van der Waals surface area (Å²) in [6, 6.07) is 9.08. The Morgan fingerprint density at radius 3 is 2.79 bits per heavy atom. The largest absolute Gasteiger partial charge is 0.342 e. The average Bonchev–Trinajstić information content (AvgIpc) is 2.42. The highest BCUT2D eigenvalue weighted by molar-refractivity contribution is 6.30. The van der Waals surface area contributed by atoms with E-state index in [4.69, 9.17) is 11.6 Å². The molecule has 0 aromatic heterocycles. The topological polar surface area (TPSA) is 21.1 Å². The van der Waals surface area contributed by atoms with Crippen LogP contribution in [0.1, 0.15) is 38.2 Å². The summed E-state index contributed by atoms with van der Waals surface area (Å²) < 4.78 is 0. The van der Waals surface area contributed by atoms with E-state index in [2.05, 4.69) is 24.4 Å². The van der Waals surface area contributed by atoms with Gasteiger partial charge in [0.2, 0.25) is 0 Å². The Morgan fingerprint density at radius 2 is 2.05 bits per heavy atom. The van der Waals surface area contributed by atoms with E-state index in [1.165, 1.54) is 50.9 Å². The standard InChI is InChI=1S/C16H25ClN2/c1-14-5-2-3-11-19(14)12-4-10-18-13-15-6-8-16(17)9-7-15/h6-9,14,18H,2-5,10-13H2,1H3/p+2/t14-/m1/s1. The Kier molecular flexibility index (Phi) is 6.15. The second-order valence-corrected chi connectivity index (χ2v) is 6.25. The maximum atomic E-state index is 5.88. The Labute approximate surface area is 122 Å². The van der Waals surface area contributed by atoms with Crippen molar-refractivity contribution in [2.45, 2.75) is 45.2 Å². The molecule has 3 N–H and O–H groups in total. The minimum absolute atomic E-state index is 0.825. The van der Waals surface area contributed by atoms with Crippen molar-refractivity contribution in [3.05, 3.63) is 34.9 Å². The van der Waals surface area contributed by atoms with Gasteiger partial charge in [0.1, 0.15) is 6.54 Å². The van der Waals surface area contributed by atoms with Crippen LogP contribution in [0.4, 0.5) is 0 Å². The number of nitrogens with two attached hydrogens (primary N) is 1. The SMILES string of the molecule is C[C@@H]1CCCC[NH+]1CCC[NH2+]Cc1ccc(Cl)cc1. The lowest BCUT2D eigenvalue weighted by atomic mass is 10.0. The van der Waals surface area contributed by atoms with E-state index >= 15 is 0 Å². The lowest BCUT2D eigenvalue weighted by Gasteiger charge is -2.29. The number of rotatable bonds is 6. The fourth-order valence-corrected chi connectivity index (χ4v) is 3.11. The van der Waals surface area contributed by atoms with E-state index in [9.17, 15) is 0 Å². The first kappa shape index (κ1) is 14.8. The molecule has 1 aliphatic heterocycles. The van der Waals surface area contributed by atoms with Crippen molar-refractivity contribution in [2.24, 2.45) is 0 Å². The van der Waals surface area contributed by atoms with E-state index in [0.717, 1.165) is 17.6 Å². The molecule has 1 aromatic carbocycles. The van der Waals surface area contributed by atoms with Gasteiger partial charge in [0.05, 0.1) is 25.7 Å². The van der Waals surface area contributed by atoms with Gasteiger partial charge in [0, 0.05) is 17.0 Å². The van der Waals surface area contributed by atoms with Crippen LogP contribution in [0.15, 0.2) is 24.3 Å². The van der Waals surface area contributed by atoms with Gasteiger partial charge < -0.3 is 10.2 Å². The summed E-state index contributed by atoms with van der Waals surface area (Å²) in [5.41, 5.74) is 1.36. The molecule has 0 amide bonds. The van der Waals surface area contributed by atoms with E-state index in [1.807, 2.05) is 17.0 Å². The van der Waals surface area contributed by atoms with Crippen LogP contribution in [-0.4, -0.2) is 25.7 Å². The molecule has 1 aromatic rings. The van der Waals surface area contributed by atoms with Gasteiger partial charge in [-0.1, -0.05) is 23.7 Å². The molecule has 1 saturated heterocycles. The van der Waals surface area contributed by atoms with Crippen LogP contribution in [0.5, 0.6) is 0 Å². The molecule has 1 aliphatic rings. The van der Waals surface area contributed by atoms with Crippen molar-refractivity contribution in [3.8, 4) is 0 Å². The Balaban J connectivity index is 1.58. The van der Waals surface area contributed by atoms with E-state index in [1.54, 1.807) is 0 Å². The zero-order valence-electron chi connectivity index (χ0n) is 12.0. The lowest BCUT2D eigenvalue weighted by molar-refractivity contribution is -0.930. The molecule has 0 saturated carbocycles. The van der Waals surface area contributed by atoms with Gasteiger partial charge >= 0.3 is 0 Å². The quantitative estimate of drug-likeness (QED) is 0.733. The highest BCUT2D eigenvalue weighted by Gasteiger charge is 2.20. The minimum atomic E-state index is 0.825. The van der Waals surface area contributed by atoms with Gasteiger partial charge in [-0.05, 0) is 38.3 Å². The second-order valence-electron chi connectivity index (χ2n) is 5.82. The molecule has 3 heteroatoms. The van der Waals surface area contributed by atoms with Crippen LogP contribution in [0.25, 0.3) is 0 Å². The molecule has 0 spiro atoms. The van der Waals surface area contributed by atoms with Crippen LogP contribution >= 0.6 is 11.6 Å². The van der Waals surface area contributed by atoms with Gasteiger partial charge in [-0.2, -0.15) is 0 Å². The first-order chi connectivity index (χ1) is 9.25. The molecular weight excluding hydrogens is 256 g/mol. The third-order valence-corrected chi connectivity index (χ3v) is 4.53. The van der Waals surface area contributed by atoms with Crippen molar-refractivity contribution >= 4 is 11.6 Å². The zero-order chi connectivity index (χ0) is 13.5. The fourth-order valence-electron chi connectivity index (χ4n) is 2.99. The molecule has 1 unspecified atom stereocenters. The van der Waals surface area contributed by atoms with Crippen molar-refractivity contribution < 1.29 is 10.2 Å². The summed E-state index contributed by atoms with van der Waals surface area (Å²) in [7, 11) is 0. The van der Waals surface area contributed by atoms with E-state index < -0.39 is 0 Å². The van der Waals surface area contributed by atoms with Gasteiger partial charge in [0.15, 0.2) is 0 Å². The average molecular weight is 283 g/mol. The maximum Gasteiger partial charge on any atom is 0.101 e. The highest BCUT2D eigenvalue weighted by atomic mass is 35.5. The molecule has 2 rings (SSSR count). The minimum Gasteiger partial charge on any atom is -0.342 e. The summed E-state index contributed by atoms with van der Waals surface area (Å²) in [6.07, 6.45) is 5.61. The van der Waals surface area contributed by atoms with E-state index in [-0.39, 0.29) is 0 Å². The van der Waals surface area contributed by atoms with Crippen LogP contribution in [-0.2, 0) is 6.54 Å². The monoisotopic (exact) mass is 282 g/mol. The molecule has 1 heterocycles. The lowest BCUT2D eigenvalue weighted by Crippen LogP contribution is -3.16.